The number of aliphatic carboxylic acids is 1. The van der Waals surface area contributed by atoms with E-state index in [-0.39, 0.29) is 0 Å². The van der Waals surface area contributed by atoms with E-state index >= 15 is 0 Å². The highest BCUT2D eigenvalue weighted by molar-refractivity contribution is 9.10. The smallest absolute Gasteiger partial charge is 0.337 e. The molecule has 1 saturated heterocycles. The standard InChI is InChI=1S/C12H15BrO10/c1-4(14)20-7-8(21-5(2)15)10(22-6(3)16)12(13,19)23-9(7)11(17)18/h7-10,19H,1-3H3,(H,17,18)/t7-,8-,9-,10+,12+/m0/s1. The molecular formula is C12H15BrO10. The number of carboxylic acids is 1. The van der Waals surface area contributed by atoms with Gasteiger partial charge in [-0.1, -0.05) is 0 Å². The quantitative estimate of drug-likeness (QED) is 0.354. The molecule has 10 nitrogen and oxygen atoms in total. The van der Waals surface area contributed by atoms with Crippen LogP contribution in [0.2, 0.25) is 0 Å². The number of aliphatic hydroxyl groups is 1. The Morgan fingerprint density at radius 2 is 1.39 bits per heavy atom. The predicted octanol–water partition coefficient (Wildman–Crippen LogP) is -0.694. The normalized spacial score (nSPS) is 33.4. The van der Waals surface area contributed by atoms with Crippen molar-refractivity contribution in [1.82, 2.24) is 0 Å². The van der Waals surface area contributed by atoms with Crippen molar-refractivity contribution in [3.05, 3.63) is 0 Å². The first-order valence-corrected chi connectivity index (χ1v) is 7.08. The van der Waals surface area contributed by atoms with Gasteiger partial charge in [-0.05, 0) is 15.9 Å². The van der Waals surface area contributed by atoms with Crippen molar-refractivity contribution < 1.29 is 48.3 Å². The Labute approximate surface area is 138 Å². The lowest BCUT2D eigenvalue weighted by Crippen LogP contribution is -2.66. The van der Waals surface area contributed by atoms with E-state index in [0.29, 0.717) is 0 Å². The summed E-state index contributed by atoms with van der Waals surface area (Å²) in [4.78, 5) is 45.0. The zero-order valence-electron chi connectivity index (χ0n) is 12.3. The fourth-order valence-electron chi connectivity index (χ4n) is 2.01. The summed E-state index contributed by atoms with van der Waals surface area (Å²) in [7, 11) is 0. The monoisotopic (exact) mass is 398 g/mol. The van der Waals surface area contributed by atoms with Crippen LogP contribution in [0.4, 0.5) is 0 Å². The number of alkyl halides is 1. The molecule has 0 aromatic carbocycles. The van der Waals surface area contributed by atoms with E-state index in [1.165, 1.54) is 0 Å². The molecule has 130 valence electrons. The molecule has 0 radical (unpaired) electrons. The first-order chi connectivity index (χ1) is 10.5. The average molecular weight is 399 g/mol. The van der Waals surface area contributed by atoms with Crippen LogP contribution in [0.1, 0.15) is 20.8 Å². The second-order valence-corrected chi connectivity index (χ2v) is 5.80. The number of carbonyl (C=O) groups is 4. The fourth-order valence-corrected chi connectivity index (χ4v) is 2.57. The third-order valence-electron chi connectivity index (χ3n) is 2.70. The summed E-state index contributed by atoms with van der Waals surface area (Å²) in [5.74, 6) is -4.22. The maximum Gasteiger partial charge on any atom is 0.337 e. The minimum Gasteiger partial charge on any atom is -0.479 e. The molecule has 0 saturated carbocycles. The fraction of sp³-hybridized carbons (Fsp3) is 0.667. The Bertz CT molecular complexity index is 516. The van der Waals surface area contributed by atoms with Gasteiger partial charge in [0.05, 0.1) is 0 Å². The van der Waals surface area contributed by atoms with Crippen molar-refractivity contribution in [2.75, 3.05) is 0 Å². The molecule has 11 heteroatoms. The van der Waals surface area contributed by atoms with Crippen molar-refractivity contribution in [3.63, 3.8) is 0 Å². The molecule has 0 aliphatic carbocycles. The summed E-state index contributed by atoms with van der Waals surface area (Å²) in [6, 6.07) is 0. The minimum atomic E-state index is -2.47. The van der Waals surface area contributed by atoms with Crippen molar-refractivity contribution >= 4 is 39.8 Å². The lowest BCUT2D eigenvalue weighted by molar-refractivity contribution is -0.301. The Kier molecular flexibility index (Phi) is 6.08. The van der Waals surface area contributed by atoms with Gasteiger partial charge in [-0.3, -0.25) is 14.4 Å². The van der Waals surface area contributed by atoms with E-state index in [9.17, 15) is 29.4 Å². The van der Waals surface area contributed by atoms with Gasteiger partial charge in [0.1, 0.15) is 0 Å². The highest BCUT2D eigenvalue weighted by Crippen LogP contribution is 2.37. The van der Waals surface area contributed by atoms with Crippen LogP contribution in [-0.4, -0.2) is 63.2 Å². The Morgan fingerprint density at radius 3 is 1.78 bits per heavy atom. The molecule has 0 bridgehead atoms. The van der Waals surface area contributed by atoms with E-state index in [1.807, 2.05) is 0 Å². The Balaban J connectivity index is 3.32. The number of carbonyl (C=O) groups excluding carboxylic acids is 3. The molecular weight excluding hydrogens is 384 g/mol. The van der Waals surface area contributed by atoms with E-state index in [0.717, 1.165) is 20.8 Å². The SMILES string of the molecule is CC(=O)O[C@H]1[C@H](OC(C)=O)[C@@H](OC(C)=O)[C@](O)(Br)O[C@@H]1C(=O)O. The van der Waals surface area contributed by atoms with Crippen LogP contribution in [0.5, 0.6) is 0 Å². The van der Waals surface area contributed by atoms with Gasteiger partial charge >= 0.3 is 23.9 Å². The first kappa shape index (κ1) is 19.3. The number of esters is 3. The van der Waals surface area contributed by atoms with Gasteiger partial charge in [-0.2, -0.15) is 0 Å². The van der Waals surface area contributed by atoms with Gasteiger partial charge in [-0.15, -0.1) is 0 Å². The molecule has 23 heavy (non-hydrogen) atoms. The number of hydrogen-bond donors (Lipinski definition) is 2. The zero-order chi connectivity index (χ0) is 17.9. The van der Waals surface area contributed by atoms with Crippen LogP contribution < -0.4 is 0 Å². The van der Waals surface area contributed by atoms with Crippen LogP contribution in [-0.2, 0) is 38.1 Å². The molecule has 5 atom stereocenters. The van der Waals surface area contributed by atoms with Crippen LogP contribution >= 0.6 is 15.9 Å². The topological polar surface area (TPSA) is 146 Å². The lowest BCUT2D eigenvalue weighted by atomic mass is 9.98. The Hall–Kier alpha value is -1.72. The second-order valence-electron chi connectivity index (χ2n) is 4.66. The van der Waals surface area contributed by atoms with E-state index < -0.39 is 53.0 Å². The molecule has 0 spiro atoms. The molecule has 1 heterocycles. The van der Waals surface area contributed by atoms with Gasteiger partial charge < -0.3 is 29.2 Å². The van der Waals surface area contributed by atoms with Crippen molar-refractivity contribution in [2.45, 2.75) is 49.9 Å². The maximum absolute atomic E-state index is 11.3. The number of ether oxygens (including phenoxy) is 4. The summed E-state index contributed by atoms with van der Waals surface area (Å²) >= 11 is 2.68. The third kappa shape index (κ3) is 4.88. The number of halogens is 1. The predicted molar refractivity (Wildman–Crippen MR) is 73.0 cm³/mol. The molecule has 1 fully saturated rings. The summed E-state index contributed by atoms with van der Waals surface area (Å²) in [6.45, 7) is 3.02. The molecule has 1 rings (SSSR count). The highest BCUT2D eigenvalue weighted by Gasteiger charge is 2.60. The van der Waals surface area contributed by atoms with Crippen LogP contribution in [0.15, 0.2) is 0 Å². The van der Waals surface area contributed by atoms with Gasteiger partial charge in [0.15, 0.2) is 18.3 Å². The van der Waals surface area contributed by atoms with E-state index in [4.69, 9.17) is 18.9 Å². The van der Waals surface area contributed by atoms with Gasteiger partial charge in [0, 0.05) is 20.8 Å². The summed E-state index contributed by atoms with van der Waals surface area (Å²) < 4.78 is 17.0. The largest absolute Gasteiger partial charge is 0.479 e. The van der Waals surface area contributed by atoms with E-state index in [2.05, 4.69) is 15.9 Å². The first-order valence-electron chi connectivity index (χ1n) is 6.29. The molecule has 1 aliphatic heterocycles. The highest BCUT2D eigenvalue weighted by atomic mass is 79.9. The molecule has 0 unspecified atom stereocenters. The van der Waals surface area contributed by atoms with Crippen molar-refractivity contribution in [3.8, 4) is 0 Å². The third-order valence-corrected chi connectivity index (χ3v) is 3.34. The zero-order valence-corrected chi connectivity index (χ0v) is 13.9. The van der Waals surface area contributed by atoms with Crippen molar-refractivity contribution in [2.24, 2.45) is 0 Å². The van der Waals surface area contributed by atoms with Crippen LogP contribution in [0, 0.1) is 0 Å². The number of rotatable bonds is 4. The summed E-state index contributed by atoms with van der Waals surface area (Å²) in [6.07, 6.45) is -6.81. The Morgan fingerprint density at radius 1 is 0.957 bits per heavy atom. The summed E-state index contributed by atoms with van der Waals surface area (Å²) in [5.41, 5.74) is 0. The van der Waals surface area contributed by atoms with Gasteiger partial charge in [-0.25, -0.2) is 4.79 Å². The number of carboxylic acid groups (broad SMARTS) is 1. The van der Waals surface area contributed by atoms with Crippen LogP contribution in [0.3, 0.4) is 0 Å². The molecule has 0 aromatic rings. The molecule has 0 aromatic heterocycles. The number of hydrogen-bond acceptors (Lipinski definition) is 9. The second kappa shape index (κ2) is 7.23. The van der Waals surface area contributed by atoms with E-state index in [1.54, 1.807) is 0 Å². The molecule has 2 N–H and O–H groups in total. The van der Waals surface area contributed by atoms with Gasteiger partial charge in [0.2, 0.25) is 6.10 Å². The molecule has 0 amide bonds. The summed E-state index contributed by atoms with van der Waals surface area (Å²) in [5, 5.41) is 19.3. The maximum atomic E-state index is 11.3. The van der Waals surface area contributed by atoms with Gasteiger partial charge in [0.25, 0.3) is 4.70 Å². The van der Waals surface area contributed by atoms with Crippen LogP contribution in [0.25, 0.3) is 0 Å². The van der Waals surface area contributed by atoms with Crippen molar-refractivity contribution in [1.29, 1.82) is 0 Å². The lowest BCUT2D eigenvalue weighted by Gasteiger charge is -2.44. The minimum absolute atomic E-state index is 0.871. The molecule has 1 aliphatic rings. The average Bonchev–Trinajstić information content (AvgIpc) is 2.35.